The number of aryl methyl sites for hydroxylation is 2. The third kappa shape index (κ3) is 10.4. The van der Waals surface area contributed by atoms with Gasteiger partial charge < -0.3 is 32.9 Å². The summed E-state index contributed by atoms with van der Waals surface area (Å²) >= 11 is 17.4. The SMILES string of the molecule is CCOC(=O)C(C)(C)Nc1nc(Cl)nc2c1CCC2.CCOC(=O)C(C)(C)[NH3+].Clc1nc(Cl)c2c(n1)CCC2.[Cl-]. The van der Waals surface area contributed by atoms with E-state index in [0.717, 1.165) is 61.0 Å². The Balaban J connectivity index is 0.000000325. The maximum Gasteiger partial charge on any atom is 0.367 e. The topological polar surface area (TPSA) is 144 Å². The molecule has 0 unspecified atom stereocenters. The van der Waals surface area contributed by atoms with E-state index in [2.05, 4.69) is 31.0 Å². The van der Waals surface area contributed by atoms with Crippen molar-refractivity contribution >= 4 is 52.6 Å². The van der Waals surface area contributed by atoms with E-state index in [4.69, 9.17) is 44.3 Å². The third-order valence-corrected chi connectivity index (χ3v) is 6.46. The monoisotopic (exact) mass is 638 g/mol. The van der Waals surface area contributed by atoms with Crippen molar-refractivity contribution in [1.82, 2.24) is 19.9 Å². The van der Waals surface area contributed by atoms with Crippen molar-refractivity contribution in [3.63, 3.8) is 0 Å². The minimum atomic E-state index is -0.843. The molecule has 40 heavy (non-hydrogen) atoms. The molecule has 224 valence electrons. The molecule has 0 atom stereocenters. The van der Waals surface area contributed by atoms with Crippen molar-refractivity contribution in [2.24, 2.45) is 0 Å². The summed E-state index contributed by atoms with van der Waals surface area (Å²) in [5, 5.41) is 4.13. The van der Waals surface area contributed by atoms with Crippen LogP contribution in [0.5, 0.6) is 0 Å². The Hall–Kier alpha value is -1.98. The maximum absolute atomic E-state index is 11.9. The number of hydrogen-bond acceptors (Lipinski definition) is 9. The lowest BCUT2D eigenvalue weighted by Gasteiger charge is -2.25. The lowest BCUT2D eigenvalue weighted by Crippen LogP contribution is -3.00. The quantitative estimate of drug-likeness (QED) is 0.271. The minimum Gasteiger partial charge on any atom is -1.00 e. The lowest BCUT2D eigenvalue weighted by atomic mass is 10.1. The summed E-state index contributed by atoms with van der Waals surface area (Å²) in [5.41, 5.74) is 6.30. The molecule has 0 aromatic carbocycles. The fourth-order valence-electron chi connectivity index (χ4n) is 3.85. The highest BCUT2D eigenvalue weighted by molar-refractivity contribution is 6.32. The predicted molar refractivity (Wildman–Crippen MR) is 151 cm³/mol. The van der Waals surface area contributed by atoms with Crippen LogP contribution in [0.1, 0.15) is 76.9 Å². The summed E-state index contributed by atoms with van der Waals surface area (Å²) in [5.74, 6) is 0.0898. The van der Waals surface area contributed by atoms with Gasteiger partial charge in [-0.25, -0.2) is 29.5 Å². The van der Waals surface area contributed by atoms with Gasteiger partial charge in [-0.3, -0.25) is 0 Å². The first-order valence-corrected chi connectivity index (χ1v) is 14.1. The highest BCUT2D eigenvalue weighted by Gasteiger charge is 2.32. The molecular weight excluding hydrogens is 602 g/mol. The zero-order valence-electron chi connectivity index (χ0n) is 23.8. The maximum atomic E-state index is 11.9. The number of nitrogens with zero attached hydrogens (tertiary/aromatic N) is 4. The van der Waals surface area contributed by atoms with Crippen molar-refractivity contribution in [2.75, 3.05) is 18.5 Å². The summed E-state index contributed by atoms with van der Waals surface area (Å²) in [6.45, 7) is 11.3. The molecule has 0 bridgehead atoms. The number of quaternary nitrogens is 1. The highest BCUT2D eigenvalue weighted by atomic mass is 35.5. The van der Waals surface area contributed by atoms with Crippen molar-refractivity contribution in [2.45, 2.75) is 91.1 Å². The number of carbonyl (C=O) groups excluding carboxylic acids is 2. The number of ether oxygens (including phenoxy) is 2. The van der Waals surface area contributed by atoms with Gasteiger partial charge in [-0.05, 0) is 89.4 Å². The molecule has 0 radical (unpaired) electrons. The van der Waals surface area contributed by atoms with Gasteiger partial charge >= 0.3 is 11.9 Å². The predicted octanol–water partition coefficient (Wildman–Crippen LogP) is 1.22. The van der Waals surface area contributed by atoms with Crippen molar-refractivity contribution in [1.29, 1.82) is 0 Å². The van der Waals surface area contributed by atoms with Crippen molar-refractivity contribution in [3.8, 4) is 0 Å². The number of aromatic nitrogens is 4. The van der Waals surface area contributed by atoms with Crippen molar-refractivity contribution < 1.29 is 37.2 Å². The average Bonchev–Trinajstić information content (AvgIpc) is 3.49. The van der Waals surface area contributed by atoms with E-state index in [1.54, 1.807) is 41.5 Å². The first-order chi connectivity index (χ1) is 18.2. The summed E-state index contributed by atoms with van der Waals surface area (Å²) < 4.78 is 9.76. The molecule has 2 aromatic heterocycles. The number of fused-ring (bicyclic) bond motifs is 2. The molecule has 0 amide bonds. The molecule has 0 spiro atoms. The molecular formula is C26H38Cl4N6O4. The van der Waals surface area contributed by atoms with Crippen molar-refractivity contribution in [3.05, 3.63) is 38.2 Å². The van der Waals surface area contributed by atoms with E-state index in [0.29, 0.717) is 24.2 Å². The number of halogens is 4. The van der Waals surface area contributed by atoms with Crippen LogP contribution in [-0.2, 0) is 44.7 Å². The Kier molecular flexibility index (Phi) is 14.3. The van der Waals surface area contributed by atoms with E-state index >= 15 is 0 Å². The second-order valence-electron chi connectivity index (χ2n) is 10.3. The largest absolute Gasteiger partial charge is 1.00 e. The Morgan fingerprint density at radius 2 is 1.27 bits per heavy atom. The van der Waals surface area contributed by atoms with E-state index < -0.39 is 11.1 Å². The third-order valence-electron chi connectivity index (χ3n) is 5.81. The molecule has 2 aliphatic rings. The zero-order chi connectivity index (χ0) is 29.4. The van der Waals surface area contributed by atoms with Gasteiger partial charge in [0.1, 0.15) is 16.5 Å². The second kappa shape index (κ2) is 15.9. The molecule has 0 saturated carbocycles. The van der Waals surface area contributed by atoms with Gasteiger partial charge in [0.2, 0.25) is 10.6 Å². The Morgan fingerprint density at radius 1 is 0.800 bits per heavy atom. The van der Waals surface area contributed by atoms with Gasteiger partial charge in [-0.1, -0.05) is 11.6 Å². The molecule has 2 aliphatic carbocycles. The van der Waals surface area contributed by atoms with Gasteiger partial charge in [0.05, 0.1) is 24.6 Å². The molecule has 4 rings (SSSR count). The van der Waals surface area contributed by atoms with Gasteiger partial charge in [0.15, 0.2) is 5.54 Å². The summed E-state index contributed by atoms with van der Waals surface area (Å²) in [4.78, 5) is 39.1. The standard InChI is InChI=1S/C13H18ClN3O2.C7H6Cl2N2.C6H13NO2.ClH/c1-4-19-11(18)13(2,3)17-10-8-6-5-7-9(8)15-12(14)16-10;8-6-4-2-1-3-5(4)10-7(9)11-6;1-4-9-5(8)6(2,3)7;/h4-7H2,1-3H3,(H,15,16,17);1-3H2;4,7H2,1-3H3;1H. The average molecular weight is 640 g/mol. The number of nitrogens with one attached hydrogen (secondary N) is 1. The fraction of sp³-hybridized carbons (Fsp3) is 0.615. The zero-order valence-corrected chi connectivity index (χ0v) is 26.8. The fourth-order valence-corrected chi connectivity index (χ4v) is 4.55. The number of anilines is 1. The highest BCUT2D eigenvalue weighted by Crippen LogP contribution is 2.29. The van der Waals surface area contributed by atoms with Crippen LogP contribution in [0.3, 0.4) is 0 Å². The second-order valence-corrected chi connectivity index (χ2v) is 11.3. The smallest absolute Gasteiger partial charge is 0.367 e. The summed E-state index contributed by atoms with van der Waals surface area (Å²) in [7, 11) is 0. The number of carbonyl (C=O) groups is 2. The molecule has 2 heterocycles. The van der Waals surface area contributed by atoms with Crippen LogP contribution < -0.4 is 23.5 Å². The molecule has 14 heteroatoms. The number of esters is 2. The van der Waals surface area contributed by atoms with Crippen LogP contribution in [0.15, 0.2) is 0 Å². The van der Waals surface area contributed by atoms with Gasteiger partial charge in [0.25, 0.3) is 0 Å². The molecule has 0 aliphatic heterocycles. The molecule has 2 aromatic rings. The van der Waals surface area contributed by atoms with Crippen LogP contribution in [0.2, 0.25) is 15.7 Å². The van der Waals surface area contributed by atoms with Gasteiger partial charge in [0, 0.05) is 25.0 Å². The summed E-state index contributed by atoms with van der Waals surface area (Å²) in [6, 6.07) is 0. The molecule has 0 saturated heterocycles. The number of hydrogen-bond donors (Lipinski definition) is 2. The summed E-state index contributed by atoms with van der Waals surface area (Å²) in [6.07, 6.45) is 5.95. The van der Waals surface area contributed by atoms with Gasteiger partial charge in [-0.2, -0.15) is 0 Å². The van der Waals surface area contributed by atoms with E-state index in [9.17, 15) is 9.59 Å². The normalized spacial score (nSPS) is 13.3. The van der Waals surface area contributed by atoms with Crippen LogP contribution in [0, 0.1) is 0 Å². The number of rotatable bonds is 6. The van der Waals surface area contributed by atoms with E-state index in [-0.39, 0.29) is 34.9 Å². The minimum absolute atomic E-state index is 0. The Labute approximate surface area is 256 Å². The first-order valence-electron chi connectivity index (χ1n) is 12.9. The molecule has 4 N–H and O–H groups in total. The molecule has 10 nitrogen and oxygen atoms in total. The Morgan fingerprint density at radius 3 is 1.77 bits per heavy atom. The molecule has 0 fully saturated rings. The van der Waals surface area contributed by atoms with E-state index in [1.165, 1.54) is 0 Å². The van der Waals surface area contributed by atoms with Crippen LogP contribution >= 0.6 is 34.8 Å². The lowest BCUT2D eigenvalue weighted by molar-refractivity contribution is -0.450. The van der Waals surface area contributed by atoms with Crippen LogP contribution in [0.4, 0.5) is 5.82 Å². The van der Waals surface area contributed by atoms with Gasteiger partial charge in [-0.15, -0.1) is 0 Å². The van der Waals surface area contributed by atoms with Crippen LogP contribution in [-0.4, -0.2) is 56.2 Å². The first kappa shape index (κ1) is 36.0. The van der Waals surface area contributed by atoms with E-state index in [1.807, 2.05) is 0 Å². The van der Waals surface area contributed by atoms with Crippen LogP contribution in [0.25, 0.3) is 0 Å². The Bertz CT molecular complexity index is 1170.